The van der Waals surface area contributed by atoms with Gasteiger partial charge in [0.05, 0.1) is 5.69 Å². The fourth-order valence-corrected chi connectivity index (χ4v) is 1.82. The Bertz CT molecular complexity index is 477. The number of pyridine rings is 1. The molecule has 0 saturated carbocycles. The van der Waals surface area contributed by atoms with Gasteiger partial charge >= 0.3 is 0 Å². The van der Waals surface area contributed by atoms with Crippen molar-refractivity contribution in [1.82, 2.24) is 4.98 Å². The van der Waals surface area contributed by atoms with Crippen LogP contribution in [-0.2, 0) is 0 Å². The maximum Gasteiger partial charge on any atom is 0.124 e. The molecular formula is C13H16N2. The van der Waals surface area contributed by atoms with Crippen molar-refractivity contribution < 1.29 is 0 Å². The number of rotatable bonds is 2. The molecule has 0 aliphatic carbocycles. The highest BCUT2D eigenvalue weighted by Gasteiger charge is 2.09. The Morgan fingerprint density at radius 1 is 1.33 bits per heavy atom. The fourth-order valence-electron chi connectivity index (χ4n) is 1.82. The first-order chi connectivity index (χ1) is 7.22. The van der Waals surface area contributed by atoms with Crippen LogP contribution in [0.15, 0.2) is 30.3 Å². The van der Waals surface area contributed by atoms with E-state index in [0.29, 0.717) is 11.7 Å². The van der Waals surface area contributed by atoms with Crippen molar-refractivity contribution in [3.63, 3.8) is 0 Å². The minimum atomic E-state index is 0.457. The van der Waals surface area contributed by atoms with E-state index >= 15 is 0 Å². The zero-order valence-corrected chi connectivity index (χ0v) is 9.20. The average Bonchev–Trinajstić information content (AvgIpc) is 2.26. The van der Waals surface area contributed by atoms with Crippen LogP contribution in [0.5, 0.6) is 0 Å². The van der Waals surface area contributed by atoms with Gasteiger partial charge in [0.2, 0.25) is 0 Å². The van der Waals surface area contributed by atoms with E-state index in [1.165, 1.54) is 10.8 Å². The number of nitrogens with two attached hydrogens (primary N) is 1. The lowest BCUT2D eigenvalue weighted by Gasteiger charge is -2.12. The summed E-state index contributed by atoms with van der Waals surface area (Å²) in [6.07, 6.45) is 1.08. The Balaban J connectivity index is 2.71. The highest BCUT2D eigenvalue weighted by Crippen LogP contribution is 2.26. The van der Waals surface area contributed by atoms with Crippen LogP contribution in [0.3, 0.4) is 0 Å². The molecule has 78 valence electrons. The van der Waals surface area contributed by atoms with Gasteiger partial charge in [0.1, 0.15) is 5.82 Å². The highest BCUT2D eigenvalue weighted by atomic mass is 14.8. The van der Waals surface area contributed by atoms with E-state index in [1.807, 2.05) is 18.2 Å². The summed E-state index contributed by atoms with van der Waals surface area (Å²) < 4.78 is 0. The molecule has 2 N–H and O–H groups in total. The first-order valence-corrected chi connectivity index (χ1v) is 5.37. The molecule has 0 aliphatic rings. The molecule has 1 aromatic carbocycles. The normalized spacial score (nSPS) is 12.9. The summed E-state index contributed by atoms with van der Waals surface area (Å²) in [7, 11) is 0. The number of aromatic nitrogens is 1. The topological polar surface area (TPSA) is 38.9 Å². The van der Waals surface area contributed by atoms with Crippen LogP contribution >= 0.6 is 0 Å². The molecule has 2 nitrogen and oxygen atoms in total. The number of hydrogen-bond donors (Lipinski definition) is 1. The molecule has 1 heterocycles. The molecule has 1 atom stereocenters. The van der Waals surface area contributed by atoms with Crippen LogP contribution in [0.1, 0.15) is 31.9 Å². The Kier molecular flexibility index (Phi) is 2.58. The molecule has 0 saturated heterocycles. The molecule has 0 radical (unpaired) electrons. The van der Waals surface area contributed by atoms with Gasteiger partial charge in [-0.3, -0.25) is 0 Å². The van der Waals surface area contributed by atoms with E-state index in [2.05, 4.69) is 31.0 Å². The molecule has 0 fully saturated rings. The minimum Gasteiger partial charge on any atom is -0.384 e. The van der Waals surface area contributed by atoms with E-state index in [1.54, 1.807) is 0 Å². The van der Waals surface area contributed by atoms with E-state index in [-0.39, 0.29) is 0 Å². The zero-order valence-electron chi connectivity index (χ0n) is 9.20. The van der Waals surface area contributed by atoms with Crippen molar-refractivity contribution >= 4 is 16.6 Å². The van der Waals surface area contributed by atoms with Gasteiger partial charge in [-0.15, -0.1) is 0 Å². The maximum absolute atomic E-state index is 5.81. The second-order valence-electron chi connectivity index (χ2n) is 3.96. The lowest BCUT2D eigenvalue weighted by molar-refractivity contribution is 0.717. The van der Waals surface area contributed by atoms with Crippen LogP contribution in [0, 0.1) is 0 Å². The van der Waals surface area contributed by atoms with Gasteiger partial charge in [0.15, 0.2) is 0 Å². The third kappa shape index (κ3) is 1.80. The van der Waals surface area contributed by atoms with Gasteiger partial charge in [-0.2, -0.15) is 0 Å². The zero-order chi connectivity index (χ0) is 10.8. The first-order valence-electron chi connectivity index (χ1n) is 5.37. The first kappa shape index (κ1) is 9.97. The number of nitrogens with zero attached hydrogens (tertiary/aromatic N) is 1. The molecule has 1 aromatic heterocycles. The Hall–Kier alpha value is -1.57. The smallest absolute Gasteiger partial charge is 0.124 e. The van der Waals surface area contributed by atoms with Crippen molar-refractivity contribution in [2.24, 2.45) is 0 Å². The van der Waals surface area contributed by atoms with Crippen molar-refractivity contribution in [3.8, 4) is 0 Å². The largest absolute Gasteiger partial charge is 0.384 e. The van der Waals surface area contributed by atoms with Gasteiger partial charge in [-0.25, -0.2) is 4.98 Å². The molecule has 2 aromatic rings. The van der Waals surface area contributed by atoms with Crippen molar-refractivity contribution in [3.05, 3.63) is 36.0 Å². The third-order valence-corrected chi connectivity index (χ3v) is 2.87. The Morgan fingerprint density at radius 3 is 2.80 bits per heavy atom. The van der Waals surface area contributed by atoms with Gasteiger partial charge in [-0.1, -0.05) is 38.1 Å². The van der Waals surface area contributed by atoms with Gasteiger partial charge < -0.3 is 5.73 Å². The molecule has 0 amide bonds. The lowest BCUT2D eigenvalue weighted by Crippen LogP contribution is -2.00. The van der Waals surface area contributed by atoms with E-state index < -0.39 is 0 Å². The molecule has 0 bridgehead atoms. The van der Waals surface area contributed by atoms with E-state index in [0.717, 1.165) is 12.1 Å². The monoisotopic (exact) mass is 200 g/mol. The molecule has 0 aliphatic heterocycles. The SMILES string of the molecule is CCC(C)c1nc(N)cc2ccccc12. The summed E-state index contributed by atoms with van der Waals surface area (Å²) in [4.78, 5) is 4.45. The summed E-state index contributed by atoms with van der Waals surface area (Å²) in [6, 6.07) is 10.2. The summed E-state index contributed by atoms with van der Waals surface area (Å²) >= 11 is 0. The summed E-state index contributed by atoms with van der Waals surface area (Å²) in [5.41, 5.74) is 6.92. The van der Waals surface area contributed by atoms with Gasteiger partial charge in [-0.05, 0) is 23.8 Å². The lowest BCUT2D eigenvalue weighted by atomic mass is 9.98. The quantitative estimate of drug-likeness (QED) is 0.807. The van der Waals surface area contributed by atoms with Crippen LogP contribution in [0.2, 0.25) is 0 Å². The maximum atomic E-state index is 5.81. The second kappa shape index (κ2) is 3.89. The molecule has 2 rings (SSSR count). The molecule has 2 heteroatoms. The van der Waals surface area contributed by atoms with E-state index in [4.69, 9.17) is 5.73 Å². The number of anilines is 1. The molecule has 1 unspecified atom stereocenters. The van der Waals surface area contributed by atoms with Crippen molar-refractivity contribution in [2.75, 3.05) is 5.73 Å². The van der Waals surface area contributed by atoms with Crippen LogP contribution in [-0.4, -0.2) is 4.98 Å². The summed E-state index contributed by atoms with van der Waals surface area (Å²) in [5, 5.41) is 2.40. The molecule has 0 spiro atoms. The van der Waals surface area contributed by atoms with Crippen LogP contribution < -0.4 is 5.73 Å². The predicted octanol–water partition coefficient (Wildman–Crippen LogP) is 3.33. The van der Waals surface area contributed by atoms with Gasteiger partial charge in [0.25, 0.3) is 0 Å². The fraction of sp³-hybridized carbons (Fsp3) is 0.308. The Labute approximate surface area is 90.1 Å². The molecular weight excluding hydrogens is 184 g/mol. The number of benzene rings is 1. The predicted molar refractivity (Wildman–Crippen MR) is 64.9 cm³/mol. The Morgan fingerprint density at radius 2 is 2.07 bits per heavy atom. The number of fused-ring (bicyclic) bond motifs is 1. The molecule has 15 heavy (non-hydrogen) atoms. The average molecular weight is 200 g/mol. The van der Waals surface area contributed by atoms with E-state index in [9.17, 15) is 0 Å². The van der Waals surface area contributed by atoms with Crippen LogP contribution in [0.25, 0.3) is 10.8 Å². The highest BCUT2D eigenvalue weighted by molar-refractivity contribution is 5.86. The standard InChI is InChI=1S/C13H16N2/c1-3-9(2)13-11-7-5-4-6-10(11)8-12(14)15-13/h4-9H,3H2,1-2H3,(H2,14,15). The minimum absolute atomic E-state index is 0.457. The van der Waals surface area contributed by atoms with Crippen molar-refractivity contribution in [2.45, 2.75) is 26.2 Å². The second-order valence-corrected chi connectivity index (χ2v) is 3.96. The number of hydrogen-bond acceptors (Lipinski definition) is 2. The third-order valence-electron chi connectivity index (χ3n) is 2.87. The van der Waals surface area contributed by atoms with Crippen LogP contribution in [0.4, 0.5) is 5.82 Å². The summed E-state index contributed by atoms with van der Waals surface area (Å²) in [6.45, 7) is 4.36. The summed E-state index contributed by atoms with van der Waals surface area (Å²) in [5.74, 6) is 1.07. The van der Waals surface area contributed by atoms with Gasteiger partial charge in [0, 0.05) is 5.39 Å². The van der Waals surface area contributed by atoms with Crippen molar-refractivity contribution in [1.29, 1.82) is 0 Å². The number of nitrogen functional groups attached to an aromatic ring is 1.